The van der Waals surface area contributed by atoms with E-state index in [1.807, 2.05) is 30.0 Å². The van der Waals surface area contributed by atoms with E-state index >= 15 is 0 Å². The third kappa shape index (κ3) is 3.67. The number of halogens is 1. The summed E-state index contributed by atoms with van der Waals surface area (Å²) < 4.78 is 19.4. The van der Waals surface area contributed by atoms with E-state index in [0.717, 1.165) is 41.2 Å². The van der Waals surface area contributed by atoms with E-state index in [0.29, 0.717) is 12.0 Å². The van der Waals surface area contributed by atoms with Crippen molar-refractivity contribution >= 4 is 22.9 Å². The molecule has 0 aliphatic carbocycles. The molecule has 1 aliphatic rings. The second kappa shape index (κ2) is 7.05. The molecule has 0 N–H and O–H groups in total. The Bertz CT molecular complexity index is 751. The number of allylic oxidation sites excluding steroid dienone is 2. The van der Waals surface area contributed by atoms with Gasteiger partial charge in [-0.2, -0.15) is 0 Å². The molecule has 23 heavy (non-hydrogen) atoms. The van der Waals surface area contributed by atoms with Crippen LogP contribution in [0.1, 0.15) is 24.0 Å². The lowest BCUT2D eigenvalue weighted by molar-refractivity contribution is 0.330. The summed E-state index contributed by atoms with van der Waals surface area (Å²) in [6.45, 7) is 8.96. The molecule has 0 saturated heterocycles. The second-order valence-electron chi connectivity index (χ2n) is 5.55. The number of hydrogen-bond acceptors (Lipinski definition) is 2. The first-order valence-corrected chi connectivity index (χ1v) is 8.64. The Labute approximate surface area is 140 Å². The molecule has 0 radical (unpaired) electrons. The average molecular weight is 326 g/mol. The van der Waals surface area contributed by atoms with Crippen LogP contribution in [0.3, 0.4) is 0 Å². The van der Waals surface area contributed by atoms with E-state index in [1.165, 1.54) is 11.0 Å². The van der Waals surface area contributed by atoms with Crippen LogP contribution in [0.25, 0.3) is 11.1 Å². The van der Waals surface area contributed by atoms with Crippen LogP contribution in [0.5, 0.6) is 5.75 Å². The van der Waals surface area contributed by atoms with Gasteiger partial charge in [0.15, 0.2) is 0 Å². The minimum Gasteiger partial charge on any atom is -0.492 e. The highest BCUT2D eigenvalue weighted by Crippen LogP contribution is 2.36. The van der Waals surface area contributed by atoms with Gasteiger partial charge in [0.2, 0.25) is 0 Å². The molecule has 2 aromatic carbocycles. The largest absolute Gasteiger partial charge is 0.492 e. The van der Waals surface area contributed by atoms with Crippen molar-refractivity contribution in [2.75, 3.05) is 12.4 Å². The van der Waals surface area contributed by atoms with Crippen LogP contribution in [-0.4, -0.2) is 12.4 Å². The molecule has 0 amide bonds. The van der Waals surface area contributed by atoms with Gasteiger partial charge in [0, 0.05) is 11.3 Å². The van der Waals surface area contributed by atoms with Gasteiger partial charge in [0.1, 0.15) is 11.6 Å². The molecule has 3 rings (SSSR count). The smallest absolute Gasteiger partial charge is 0.132 e. The third-order valence-corrected chi connectivity index (χ3v) is 4.93. The fraction of sp³-hybridized carbons (Fsp3) is 0.200. The number of benzene rings is 2. The van der Waals surface area contributed by atoms with E-state index in [1.54, 1.807) is 12.1 Å². The summed E-state index contributed by atoms with van der Waals surface area (Å²) in [5.41, 5.74) is 3.55. The number of ether oxygens (including phenoxy) is 1. The zero-order chi connectivity index (χ0) is 16.2. The third-order valence-electron chi connectivity index (χ3n) is 3.93. The molecular weight excluding hydrogens is 307 g/mol. The van der Waals surface area contributed by atoms with Crippen LogP contribution in [0.4, 0.5) is 4.39 Å². The molecule has 118 valence electrons. The summed E-state index contributed by atoms with van der Waals surface area (Å²) in [6.07, 6.45) is 1.46. The topological polar surface area (TPSA) is 9.23 Å². The molecule has 1 heterocycles. The molecule has 1 aliphatic heterocycles. The lowest BCUT2D eigenvalue weighted by atomic mass is 9.96. The van der Waals surface area contributed by atoms with Crippen LogP contribution in [-0.2, 0) is 0 Å². The summed E-state index contributed by atoms with van der Waals surface area (Å²) >= 11 is 1.81. The van der Waals surface area contributed by atoms with Gasteiger partial charge < -0.3 is 4.74 Å². The Morgan fingerprint density at radius 2 is 1.87 bits per heavy atom. The van der Waals surface area contributed by atoms with Gasteiger partial charge in [-0.05, 0) is 47.8 Å². The first-order chi connectivity index (χ1) is 11.1. The molecule has 0 spiro atoms. The molecule has 2 aromatic rings. The monoisotopic (exact) mass is 326 g/mol. The highest BCUT2D eigenvalue weighted by atomic mass is 32.2. The van der Waals surface area contributed by atoms with Crippen LogP contribution < -0.4 is 4.74 Å². The quantitative estimate of drug-likeness (QED) is 0.685. The van der Waals surface area contributed by atoms with E-state index < -0.39 is 0 Å². The molecule has 0 bridgehead atoms. The molecule has 0 unspecified atom stereocenters. The van der Waals surface area contributed by atoms with E-state index in [4.69, 9.17) is 4.74 Å². The van der Waals surface area contributed by atoms with Gasteiger partial charge in [0.05, 0.1) is 11.5 Å². The van der Waals surface area contributed by atoms with Gasteiger partial charge in [-0.25, -0.2) is 4.39 Å². The predicted molar refractivity (Wildman–Crippen MR) is 96.4 cm³/mol. The number of hydrogen-bond donors (Lipinski definition) is 0. The normalized spacial score (nSPS) is 13.1. The van der Waals surface area contributed by atoms with Crippen molar-refractivity contribution in [1.82, 2.24) is 0 Å². The number of thioether (sulfide) groups is 1. The lowest BCUT2D eigenvalue weighted by Crippen LogP contribution is -2.06. The van der Waals surface area contributed by atoms with Crippen molar-refractivity contribution in [3.8, 4) is 5.75 Å². The van der Waals surface area contributed by atoms with Crippen molar-refractivity contribution in [1.29, 1.82) is 0 Å². The molecule has 0 aromatic heterocycles. The van der Waals surface area contributed by atoms with Crippen LogP contribution in [0, 0.1) is 5.82 Å². The van der Waals surface area contributed by atoms with E-state index in [9.17, 15) is 4.39 Å². The fourth-order valence-electron chi connectivity index (χ4n) is 2.59. The first-order valence-electron chi connectivity index (χ1n) is 7.65. The average Bonchev–Trinajstić information content (AvgIpc) is 2.59. The Balaban J connectivity index is 1.66. The van der Waals surface area contributed by atoms with Crippen molar-refractivity contribution in [2.45, 2.75) is 17.7 Å². The minimum atomic E-state index is -0.217. The zero-order valence-corrected chi connectivity index (χ0v) is 13.8. The molecule has 3 heteroatoms. The molecular formula is C20H19FOS. The second-order valence-corrected chi connectivity index (χ2v) is 6.68. The Morgan fingerprint density at radius 3 is 2.70 bits per heavy atom. The summed E-state index contributed by atoms with van der Waals surface area (Å²) in [7, 11) is 0. The maximum atomic E-state index is 13.8. The highest BCUT2D eigenvalue weighted by Gasteiger charge is 2.13. The van der Waals surface area contributed by atoms with Crippen molar-refractivity contribution < 1.29 is 9.13 Å². The van der Waals surface area contributed by atoms with Gasteiger partial charge in [0.25, 0.3) is 0 Å². The molecule has 1 nitrogen and oxygen atoms in total. The lowest BCUT2D eigenvalue weighted by Gasteiger charge is -2.18. The summed E-state index contributed by atoms with van der Waals surface area (Å²) in [5.74, 6) is 1.71. The fourth-order valence-corrected chi connectivity index (χ4v) is 3.46. The van der Waals surface area contributed by atoms with Gasteiger partial charge in [-0.15, -0.1) is 11.8 Å². The zero-order valence-electron chi connectivity index (χ0n) is 13.0. The van der Waals surface area contributed by atoms with Crippen molar-refractivity contribution in [2.24, 2.45) is 0 Å². The predicted octanol–water partition coefficient (Wildman–Crippen LogP) is 5.82. The minimum absolute atomic E-state index is 0.217. The van der Waals surface area contributed by atoms with Gasteiger partial charge in [-0.1, -0.05) is 37.4 Å². The number of fused-ring (bicyclic) bond motifs is 1. The molecule has 0 fully saturated rings. The molecule has 0 atom stereocenters. The first kappa shape index (κ1) is 15.9. The summed E-state index contributed by atoms with van der Waals surface area (Å²) in [4.78, 5) is 1.17. The van der Waals surface area contributed by atoms with E-state index in [2.05, 4.69) is 19.2 Å². The Kier molecular flexibility index (Phi) is 4.87. The maximum absolute atomic E-state index is 13.8. The summed E-state index contributed by atoms with van der Waals surface area (Å²) in [5, 5.41) is 0. The maximum Gasteiger partial charge on any atom is 0.132 e. The van der Waals surface area contributed by atoms with Gasteiger partial charge >= 0.3 is 0 Å². The molecule has 0 saturated carbocycles. The van der Waals surface area contributed by atoms with Crippen LogP contribution in [0.15, 0.2) is 60.5 Å². The van der Waals surface area contributed by atoms with Crippen LogP contribution in [0.2, 0.25) is 0 Å². The van der Waals surface area contributed by atoms with Crippen molar-refractivity contribution in [3.63, 3.8) is 0 Å². The van der Waals surface area contributed by atoms with E-state index in [-0.39, 0.29) is 5.82 Å². The number of rotatable bonds is 5. The summed E-state index contributed by atoms with van der Waals surface area (Å²) in [6, 6.07) is 12.9. The Morgan fingerprint density at radius 1 is 1.09 bits per heavy atom. The van der Waals surface area contributed by atoms with Crippen LogP contribution >= 0.6 is 11.8 Å². The van der Waals surface area contributed by atoms with Gasteiger partial charge in [-0.3, -0.25) is 0 Å². The highest BCUT2D eigenvalue weighted by molar-refractivity contribution is 7.99. The SMILES string of the molecule is C=C(CCC(=C)c1ccccc1F)c1ccc2c(c1)SCCO2. The Hall–Kier alpha value is -2.00. The van der Waals surface area contributed by atoms with Crippen molar-refractivity contribution in [3.05, 3.63) is 72.6 Å². The standard InChI is InChI=1S/C20H19FOS/c1-14(7-8-15(2)17-5-3-4-6-18(17)21)16-9-10-19-20(13-16)23-12-11-22-19/h3-6,9-10,13H,1-2,7-8,11-12H2.